The molecule has 0 spiro atoms. The number of nitrogens with zero attached hydrogens (tertiary/aromatic N) is 1. The van der Waals surface area contributed by atoms with Crippen LogP contribution in [0.5, 0.6) is 0 Å². The molecule has 1 unspecified atom stereocenters. The van der Waals surface area contributed by atoms with E-state index in [0.717, 1.165) is 15.1 Å². The topological polar surface area (TPSA) is 100 Å². The molecule has 0 fully saturated rings. The van der Waals surface area contributed by atoms with Gasteiger partial charge in [0.05, 0.1) is 15.5 Å². The van der Waals surface area contributed by atoms with Crippen molar-refractivity contribution in [3.8, 4) is 0 Å². The van der Waals surface area contributed by atoms with E-state index in [1.807, 2.05) is 43.3 Å². The molecule has 43 heavy (non-hydrogen) atoms. The van der Waals surface area contributed by atoms with Crippen LogP contribution in [0, 0.1) is 0 Å². The number of para-hydroxylation sites is 1. The second kappa shape index (κ2) is 14.2. The van der Waals surface area contributed by atoms with Crippen LogP contribution in [0.15, 0.2) is 114 Å². The first-order valence-electron chi connectivity index (χ1n) is 13.5. The van der Waals surface area contributed by atoms with Gasteiger partial charge in [0.2, 0.25) is 5.91 Å². The highest BCUT2D eigenvalue weighted by molar-refractivity contribution is 8.00. The molecule has 0 aliphatic heterocycles. The van der Waals surface area contributed by atoms with Gasteiger partial charge in [-0.2, -0.15) is 0 Å². The van der Waals surface area contributed by atoms with Gasteiger partial charge in [-0.25, -0.2) is 4.98 Å². The number of halogens is 1. The number of carbonyl (C=O) groups excluding carboxylic acids is 3. The van der Waals surface area contributed by atoms with Crippen LogP contribution in [0.25, 0.3) is 16.3 Å². The first-order valence-corrected chi connectivity index (χ1v) is 15.5. The summed E-state index contributed by atoms with van der Waals surface area (Å²) in [4.78, 5) is 44.8. The monoisotopic (exact) mass is 626 g/mol. The SMILES string of the molecule is CCC(Sc1cccc(NC(=O)/C(=C\c2ccccc2Cl)NC(=O)c2ccccc2)c1)C(=O)Nc1nc2ccccc2s1. The molecule has 1 atom stereocenters. The van der Waals surface area contributed by atoms with Gasteiger partial charge < -0.3 is 16.0 Å². The average molecular weight is 627 g/mol. The van der Waals surface area contributed by atoms with E-state index in [1.54, 1.807) is 66.7 Å². The van der Waals surface area contributed by atoms with Gasteiger partial charge in [0.25, 0.3) is 11.8 Å². The molecule has 0 aliphatic rings. The second-order valence-electron chi connectivity index (χ2n) is 9.37. The third-order valence-electron chi connectivity index (χ3n) is 6.29. The normalized spacial score (nSPS) is 12.0. The van der Waals surface area contributed by atoms with Gasteiger partial charge in [-0.15, -0.1) is 11.8 Å². The summed E-state index contributed by atoms with van der Waals surface area (Å²) >= 11 is 9.17. The zero-order valence-corrected chi connectivity index (χ0v) is 25.4. The molecule has 0 bridgehead atoms. The van der Waals surface area contributed by atoms with E-state index in [0.29, 0.717) is 33.4 Å². The molecular weight excluding hydrogens is 600 g/mol. The molecule has 7 nitrogen and oxygen atoms in total. The number of hydrogen-bond acceptors (Lipinski definition) is 6. The summed E-state index contributed by atoms with van der Waals surface area (Å²) in [6.07, 6.45) is 2.13. The van der Waals surface area contributed by atoms with Crippen LogP contribution < -0.4 is 16.0 Å². The van der Waals surface area contributed by atoms with Crippen LogP contribution in [0.1, 0.15) is 29.3 Å². The summed E-state index contributed by atoms with van der Waals surface area (Å²) in [6.45, 7) is 1.95. The molecule has 0 saturated carbocycles. The van der Waals surface area contributed by atoms with Crippen LogP contribution in [-0.4, -0.2) is 28.0 Å². The number of aromatic nitrogens is 1. The predicted molar refractivity (Wildman–Crippen MR) is 177 cm³/mol. The first kappa shape index (κ1) is 30.0. The van der Waals surface area contributed by atoms with Gasteiger partial charge in [-0.1, -0.05) is 84.5 Å². The predicted octanol–water partition coefficient (Wildman–Crippen LogP) is 7.87. The number of benzene rings is 4. The van der Waals surface area contributed by atoms with Crippen molar-refractivity contribution in [2.75, 3.05) is 10.6 Å². The highest BCUT2D eigenvalue weighted by Gasteiger charge is 2.20. The van der Waals surface area contributed by atoms with Crippen LogP contribution in [0.4, 0.5) is 10.8 Å². The van der Waals surface area contributed by atoms with E-state index in [2.05, 4.69) is 20.9 Å². The van der Waals surface area contributed by atoms with Crippen LogP contribution in [0.3, 0.4) is 0 Å². The zero-order valence-electron chi connectivity index (χ0n) is 23.0. The number of carbonyl (C=O) groups is 3. The molecule has 5 rings (SSSR count). The smallest absolute Gasteiger partial charge is 0.272 e. The third-order valence-corrected chi connectivity index (χ3v) is 8.95. The number of thioether (sulfide) groups is 1. The number of fused-ring (bicyclic) bond motifs is 1. The molecule has 0 aliphatic carbocycles. The maximum Gasteiger partial charge on any atom is 0.272 e. The largest absolute Gasteiger partial charge is 0.321 e. The van der Waals surface area contributed by atoms with Crippen LogP contribution in [0.2, 0.25) is 5.02 Å². The van der Waals surface area contributed by atoms with Crippen molar-refractivity contribution in [2.24, 2.45) is 0 Å². The molecule has 3 N–H and O–H groups in total. The molecule has 1 aromatic heterocycles. The van der Waals surface area contributed by atoms with E-state index in [1.165, 1.54) is 29.2 Å². The minimum absolute atomic E-state index is 0.0293. The van der Waals surface area contributed by atoms with Crippen molar-refractivity contribution in [1.29, 1.82) is 0 Å². The lowest BCUT2D eigenvalue weighted by Gasteiger charge is -2.15. The number of rotatable bonds is 10. The minimum Gasteiger partial charge on any atom is -0.321 e. The Morgan fingerprint density at radius 2 is 1.65 bits per heavy atom. The van der Waals surface area contributed by atoms with E-state index < -0.39 is 11.8 Å². The van der Waals surface area contributed by atoms with Crippen LogP contribution in [-0.2, 0) is 9.59 Å². The Hall–Kier alpha value is -4.44. The molecule has 5 aromatic rings. The van der Waals surface area contributed by atoms with E-state index in [4.69, 9.17) is 11.6 Å². The molecular formula is C33H27ClN4O3S2. The Morgan fingerprint density at radius 3 is 2.42 bits per heavy atom. The van der Waals surface area contributed by atoms with Crippen molar-refractivity contribution >= 4 is 79.5 Å². The fourth-order valence-electron chi connectivity index (χ4n) is 4.13. The summed E-state index contributed by atoms with van der Waals surface area (Å²) in [5.74, 6) is -1.09. The highest BCUT2D eigenvalue weighted by Crippen LogP contribution is 2.30. The second-order valence-corrected chi connectivity index (χ2v) is 12.1. The lowest BCUT2D eigenvalue weighted by molar-refractivity contribution is -0.116. The maximum atomic E-state index is 13.5. The minimum atomic E-state index is -0.521. The lowest BCUT2D eigenvalue weighted by atomic mass is 10.1. The Kier molecular flexibility index (Phi) is 9.88. The standard InChI is InChI=1S/C33H27ClN4O3S2/c1-2-28(32(41)38-33-37-26-17-8-9-18-29(26)43-33)42-24-15-10-14-23(20-24)35-31(40)27(19-22-13-6-7-16-25(22)34)36-30(39)21-11-4-3-5-12-21/h3-20,28H,2H2,1H3,(H,35,40)(H,36,39)(H,37,38,41)/b27-19+. The Labute approximate surface area is 262 Å². The fraction of sp³-hybridized carbons (Fsp3) is 0.0909. The summed E-state index contributed by atoms with van der Waals surface area (Å²) in [5, 5.41) is 9.15. The van der Waals surface area contributed by atoms with Gasteiger partial charge in [0, 0.05) is 21.2 Å². The quantitative estimate of drug-likeness (QED) is 0.108. The molecule has 4 aromatic carbocycles. The number of amides is 3. The van der Waals surface area contributed by atoms with Crippen molar-refractivity contribution in [1.82, 2.24) is 10.3 Å². The summed E-state index contributed by atoms with van der Waals surface area (Å²) < 4.78 is 1.00. The molecule has 0 radical (unpaired) electrons. The van der Waals surface area contributed by atoms with Crippen molar-refractivity contribution in [2.45, 2.75) is 23.5 Å². The number of hydrogen-bond donors (Lipinski definition) is 3. The Bertz CT molecular complexity index is 1770. The van der Waals surface area contributed by atoms with Crippen molar-refractivity contribution < 1.29 is 14.4 Å². The van der Waals surface area contributed by atoms with Gasteiger partial charge in [0.1, 0.15) is 5.70 Å². The summed E-state index contributed by atoms with van der Waals surface area (Å²) in [5.41, 5.74) is 2.37. The number of anilines is 2. The fourth-order valence-corrected chi connectivity index (χ4v) is 6.21. The van der Waals surface area contributed by atoms with Gasteiger partial charge in [-0.05, 0) is 66.6 Å². The lowest BCUT2D eigenvalue weighted by Crippen LogP contribution is -2.30. The Balaban J connectivity index is 1.30. The van der Waals surface area contributed by atoms with Crippen molar-refractivity contribution in [3.05, 3.63) is 125 Å². The molecule has 10 heteroatoms. The van der Waals surface area contributed by atoms with E-state index in [-0.39, 0.29) is 16.9 Å². The molecule has 1 heterocycles. The van der Waals surface area contributed by atoms with Gasteiger partial charge >= 0.3 is 0 Å². The maximum absolute atomic E-state index is 13.5. The number of nitrogens with one attached hydrogen (secondary N) is 3. The Morgan fingerprint density at radius 1 is 0.907 bits per heavy atom. The molecule has 216 valence electrons. The third kappa shape index (κ3) is 7.90. The average Bonchev–Trinajstić information content (AvgIpc) is 3.43. The zero-order chi connectivity index (χ0) is 30.2. The first-order chi connectivity index (χ1) is 20.9. The summed E-state index contributed by atoms with van der Waals surface area (Å²) in [7, 11) is 0. The summed E-state index contributed by atoms with van der Waals surface area (Å²) in [6, 6.07) is 30.6. The molecule has 3 amide bonds. The van der Waals surface area contributed by atoms with E-state index in [9.17, 15) is 14.4 Å². The van der Waals surface area contributed by atoms with Gasteiger partial charge in [-0.3, -0.25) is 14.4 Å². The van der Waals surface area contributed by atoms with Gasteiger partial charge in [0.15, 0.2) is 5.13 Å². The van der Waals surface area contributed by atoms with E-state index >= 15 is 0 Å². The molecule has 0 saturated heterocycles. The number of thiazole rings is 1. The van der Waals surface area contributed by atoms with Crippen LogP contribution >= 0.6 is 34.7 Å². The van der Waals surface area contributed by atoms with Crippen molar-refractivity contribution in [3.63, 3.8) is 0 Å². The highest BCUT2D eigenvalue weighted by atomic mass is 35.5.